The van der Waals surface area contributed by atoms with Crippen molar-refractivity contribution in [1.82, 2.24) is 0 Å². The molecule has 0 fully saturated rings. The zero-order valence-corrected chi connectivity index (χ0v) is 13.0. The number of hydrogen-bond acceptors (Lipinski definition) is 3. The standard InChI is InChI=1S/C17H23NOS/c1-13(2)12-19-16-7-5-14(6-8-16)10-15(11-18)17-4-3-9-20-17/h3-9,13,15H,10-12,18H2,1-2H3. The van der Waals surface area contributed by atoms with Gasteiger partial charge in [-0.25, -0.2) is 0 Å². The fraction of sp³-hybridized carbons (Fsp3) is 0.412. The lowest BCUT2D eigenvalue weighted by Crippen LogP contribution is -2.13. The molecule has 2 rings (SSSR count). The molecule has 0 radical (unpaired) electrons. The van der Waals surface area contributed by atoms with Crippen molar-refractivity contribution >= 4 is 11.3 Å². The van der Waals surface area contributed by atoms with Gasteiger partial charge in [-0.15, -0.1) is 11.3 Å². The molecule has 0 saturated carbocycles. The third kappa shape index (κ3) is 4.36. The maximum absolute atomic E-state index is 5.90. The van der Waals surface area contributed by atoms with E-state index in [9.17, 15) is 0 Å². The van der Waals surface area contributed by atoms with E-state index >= 15 is 0 Å². The van der Waals surface area contributed by atoms with Crippen LogP contribution in [0.25, 0.3) is 0 Å². The minimum absolute atomic E-state index is 0.414. The monoisotopic (exact) mass is 289 g/mol. The third-order valence-electron chi connectivity index (χ3n) is 3.22. The molecule has 0 amide bonds. The van der Waals surface area contributed by atoms with Crippen LogP contribution in [0.2, 0.25) is 0 Å². The number of ether oxygens (including phenoxy) is 1. The third-order valence-corrected chi connectivity index (χ3v) is 4.25. The van der Waals surface area contributed by atoms with Gasteiger partial charge in [-0.05, 0) is 41.5 Å². The molecule has 1 atom stereocenters. The predicted molar refractivity (Wildman–Crippen MR) is 86.6 cm³/mol. The van der Waals surface area contributed by atoms with Crippen LogP contribution >= 0.6 is 11.3 Å². The first-order chi connectivity index (χ1) is 9.69. The summed E-state index contributed by atoms with van der Waals surface area (Å²) >= 11 is 1.78. The van der Waals surface area contributed by atoms with Crippen molar-refractivity contribution in [2.75, 3.05) is 13.2 Å². The molecule has 0 aliphatic heterocycles. The Balaban J connectivity index is 1.96. The van der Waals surface area contributed by atoms with Crippen LogP contribution in [0.4, 0.5) is 0 Å². The fourth-order valence-corrected chi connectivity index (χ4v) is 2.94. The van der Waals surface area contributed by atoms with Crippen molar-refractivity contribution in [2.45, 2.75) is 26.2 Å². The minimum Gasteiger partial charge on any atom is -0.493 e. The molecule has 20 heavy (non-hydrogen) atoms. The Bertz CT molecular complexity index is 490. The molecule has 1 unspecified atom stereocenters. The molecule has 2 N–H and O–H groups in total. The fourth-order valence-electron chi connectivity index (χ4n) is 2.09. The molecule has 3 heteroatoms. The van der Waals surface area contributed by atoms with Crippen LogP contribution in [0, 0.1) is 5.92 Å². The Kier molecular flexibility index (Phi) is 5.62. The van der Waals surface area contributed by atoms with Crippen molar-refractivity contribution in [1.29, 1.82) is 0 Å². The highest BCUT2D eigenvalue weighted by Crippen LogP contribution is 2.25. The summed E-state index contributed by atoms with van der Waals surface area (Å²) < 4.78 is 5.70. The number of benzene rings is 1. The van der Waals surface area contributed by atoms with E-state index in [0.717, 1.165) is 18.8 Å². The summed E-state index contributed by atoms with van der Waals surface area (Å²) in [5, 5.41) is 2.11. The second kappa shape index (κ2) is 7.46. The number of thiophene rings is 1. The Morgan fingerprint density at radius 3 is 2.45 bits per heavy atom. The van der Waals surface area contributed by atoms with Crippen molar-refractivity contribution in [3.63, 3.8) is 0 Å². The van der Waals surface area contributed by atoms with E-state index in [4.69, 9.17) is 10.5 Å². The largest absolute Gasteiger partial charge is 0.493 e. The minimum atomic E-state index is 0.414. The molecule has 1 aromatic carbocycles. The molecular weight excluding hydrogens is 266 g/mol. The van der Waals surface area contributed by atoms with Crippen molar-refractivity contribution < 1.29 is 4.74 Å². The average molecular weight is 289 g/mol. The summed E-state index contributed by atoms with van der Waals surface area (Å²) in [5.41, 5.74) is 7.22. The van der Waals surface area contributed by atoms with Gasteiger partial charge >= 0.3 is 0 Å². The van der Waals surface area contributed by atoms with Gasteiger partial charge in [0.25, 0.3) is 0 Å². The van der Waals surface area contributed by atoms with Gasteiger partial charge in [0, 0.05) is 17.3 Å². The van der Waals surface area contributed by atoms with Crippen LogP contribution in [0.15, 0.2) is 41.8 Å². The molecule has 0 aliphatic carbocycles. The van der Waals surface area contributed by atoms with Crippen molar-refractivity contribution in [3.8, 4) is 5.75 Å². The van der Waals surface area contributed by atoms with E-state index in [2.05, 4.69) is 55.6 Å². The molecule has 0 spiro atoms. The lowest BCUT2D eigenvalue weighted by atomic mass is 9.98. The molecule has 0 aliphatic rings. The number of nitrogens with two attached hydrogens (primary N) is 1. The highest BCUT2D eigenvalue weighted by Gasteiger charge is 2.11. The molecule has 2 aromatic rings. The van der Waals surface area contributed by atoms with E-state index in [0.29, 0.717) is 18.4 Å². The Morgan fingerprint density at radius 2 is 1.90 bits per heavy atom. The summed E-state index contributed by atoms with van der Waals surface area (Å²) in [4.78, 5) is 1.37. The first kappa shape index (κ1) is 15.1. The van der Waals surface area contributed by atoms with E-state index < -0.39 is 0 Å². The maximum Gasteiger partial charge on any atom is 0.119 e. The van der Waals surface area contributed by atoms with Gasteiger partial charge in [-0.2, -0.15) is 0 Å². The normalized spacial score (nSPS) is 12.6. The quantitative estimate of drug-likeness (QED) is 0.834. The first-order valence-electron chi connectivity index (χ1n) is 7.14. The lowest BCUT2D eigenvalue weighted by Gasteiger charge is -2.14. The van der Waals surface area contributed by atoms with Crippen LogP contribution in [0.3, 0.4) is 0 Å². The van der Waals surface area contributed by atoms with E-state index in [-0.39, 0.29) is 0 Å². The highest BCUT2D eigenvalue weighted by molar-refractivity contribution is 7.10. The van der Waals surface area contributed by atoms with E-state index in [1.807, 2.05) is 0 Å². The molecule has 108 valence electrons. The topological polar surface area (TPSA) is 35.2 Å². The van der Waals surface area contributed by atoms with Crippen molar-refractivity contribution in [3.05, 3.63) is 52.2 Å². The van der Waals surface area contributed by atoms with E-state index in [1.165, 1.54) is 10.4 Å². The van der Waals surface area contributed by atoms with Crippen LogP contribution < -0.4 is 10.5 Å². The van der Waals surface area contributed by atoms with Gasteiger partial charge in [-0.3, -0.25) is 0 Å². The summed E-state index contributed by atoms with van der Waals surface area (Å²) in [7, 11) is 0. The van der Waals surface area contributed by atoms with Gasteiger partial charge in [0.05, 0.1) is 6.61 Å². The molecule has 2 nitrogen and oxygen atoms in total. The molecule has 1 heterocycles. The Morgan fingerprint density at radius 1 is 1.15 bits per heavy atom. The Labute approximate surface area is 125 Å². The smallest absolute Gasteiger partial charge is 0.119 e. The van der Waals surface area contributed by atoms with E-state index in [1.54, 1.807) is 11.3 Å². The highest BCUT2D eigenvalue weighted by atomic mass is 32.1. The number of hydrogen-bond donors (Lipinski definition) is 1. The molecule has 1 aromatic heterocycles. The number of rotatable bonds is 7. The second-order valence-electron chi connectivity index (χ2n) is 5.50. The van der Waals surface area contributed by atoms with Gasteiger partial charge in [0.15, 0.2) is 0 Å². The summed E-state index contributed by atoms with van der Waals surface area (Å²) in [6, 6.07) is 12.7. The maximum atomic E-state index is 5.90. The first-order valence-corrected chi connectivity index (χ1v) is 8.02. The van der Waals surface area contributed by atoms with Gasteiger partial charge in [-0.1, -0.05) is 32.0 Å². The van der Waals surface area contributed by atoms with Crippen LogP contribution in [0.5, 0.6) is 5.75 Å². The zero-order chi connectivity index (χ0) is 14.4. The molecule has 0 bridgehead atoms. The molecular formula is C17H23NOS. The average Bonchev–Trinajstić information content (AvgIpc) is 2.97. The second-order valence-corrected chi connectivity index (χ2v) is 6.48. The van der Waals surface area contributed by atoms with Gasteiger partial charge in [0.1, 0.15) is 5.75 Å². The lowest BCUT2D eigenvalue weighted by molar-refractivity contribution is 0.271. The SMILES string of the molecule is CC(C)COc1ccc(CC(CN)c2cccs2)cc1. The van der Waals surface area contributed by atoms with Crippen molar-refractivity contribution in [2.24, 2.45) is 11.7 Å². The Hall–Kier alpha value is -1.32. The summed E-state index contributed by atoms with van der Waals surface area (Å²) in [5.74, 6) is 1.91. The zero-order valence-electron chi connectivity index (χ0n) is 12.2. The summed E-state index contributed by atoms with van der Waals surface area (Å²) in [6.45, 7) is 5.76. The summed E-state index contributed by atoms with van der Waals surface area (Å²) in [6.07, 6.45) is 0.988. The molecule has 0 saturated heterocycles. The predicted octanol–water partition coefficient (Wildman–Crippen LogP) is 4.07. The van der Waals surface area contributed by atoms with Crippen LogP contribution in [-0.2, 0) is 6.42 Å². The van der Waals surface area contributed by atoms with Gasteiger partial charge < -0.3 is 10.5 Å². The van der Waals surface area contributed by atoms with Crippen LogP contribution in [-0.4, -0.2) is 13.2 Å². The van der Waals surface area contributed by atoms with Crippen LogP contribution in [0.1, 0.15) is 30.2 Å². The van der Waals surface area contributed by atoms with Gasteiger partial charge in [0.2, 0.25) is 0 Å².